The highest BCUT2D eigenvalue weighted by Crippen LogP contribution is 2.24. The molecule has 1 heterocycles. The molecule has 0 aliphatic carbocycles. The van der Waals surface area contributed by atoms with Crippen LogP contribution >= 0.6 is 11.8 Å². The molecule has 0 radical (unpaired) electrons. The third-order valence-corrected chi connectivity index (χ3v) is 5.08. The lowest BCUT2D eigenvalue weighted by molar-refractivity contribution is -0.132. The van der Waals surface area contributed by atoms with Crippen molar-refractivity contribution < 1.29 is 4.79 Å². The lowest BCUT2D eigenvalue weighted by Gasteiger charge is -2.31. The summed E-state index contributed by atoms with van der Waals surface area (Å²) >= 11 is 1.82. The SMILES string of the molecule is CCCCSC(C)C(=O)N1CC(C)CCCC1C. The number of hydrogen-bond donors (Lipinski definition) is 0. The molecule has 0 aromatic carbocycles. The third kappa shape index (κ3) is 4.83. The molecule has 1 aliphatic rings. The monoisotopic (exact) mass is 271 g/mol. The number of carbonyl (C=O) groups excluding carboxylic acids is 1. The number of likely N-dealkylation sites (tertiary alicyclic amines) is 1. The first-order valence-electron chi connectivity index (χ1n) is 7.48. The van der Waals surface area contributed by atoms with Crippen LogP contribution in [0.3, 0.4) is 0 Å². The second-order valence-electron chi connectivity index (χ2n) is 5.74. The van der Waals surface area contributed by atoms with Crippen molar-refractivity contribution in [2.45, 2.75) is 71.1 Å². The fraction of sp³-hybridized carbons (Fsp3) is 0.933. The minimum absolute atomic E-state index is 0.129. The van der Waals surface area contributed by atoms with Crippen LogP contribution in [-0.2, 0) is 4.79 Å². The summed E-state index contributed by atoms with van der Waals surface area (Å²) in [5.74, 6) is 2.13. The number of thioether (sulfide) groups is 1. The lowest BCUT2D eigenvalue weighted by atomic mass is 10.1. The summed E-state index contributed by atoms with van der Waals surface area (Å²) in [6.07, 6.45) is 6.14. The zero-order valence-corrected chi connectivity index (χ0v) is 13.3. The van der Waals surface area contributed by atoms with E-state index in [1.165, 1.54) is 32.1 Å². The first-order valence-corrected chi connectivity index (χ1v) is 8.53. The number of rotatable bonds is 5. The molecule has 0 spiro atoms. The fourth-order valence-electron chi connectivity index (χ4n) is 2.54. The number of hydrogen-bond acceptors (Lipinski definition) is 2. The summed E-state index contributed by atoms with van der Waals surface area (Å²) in [7, 11) is 0. The number of nitrogens with zero attached hydrogens (tertiary/aromatic N) is 1. The Morgan fingerprint density at radius 3 is 2.78 bits per heavy atom. The summed E-state index contributed by atoms with van der Waals surface area (Å²) in [6, 6.07) is 0.427. The summed E-state index contributed by atoms with van der Waals surface area (Å²) in [4.78, 5) is 14.6. The smallest absolute Gasteiger partial charge is 0.235 e. The van der Waals surface area contributed by atoms with Gasteiger partial charge in [0.05, 0.1) is 5.25 Å². The molecule has 0 N–H and O–H groups in total. The number of carbonyl (C=O) groups is 1. The maximum absolute atomic E-state index is 12.5. The lowest BCUT2D eigenvalue weighted by Crippen LogP contribution is -2.43. The first-order chi connectivity index (χ1) is 8.56. The average Bonchev–Trinajstić information content (AvgIpc) is 2.50. The van der Waals surface area contributed by atoms with E-state index in [9.17, 15) is 4.79 Å². The van der Waals surface area contributed by atoms with Gasteiger partial charge in [-0.2, -0.15) is 0 Å². The van der Waals surface area contributed by atoms with Gasteiger partial charge >= 0.3 is 0 Å². The summed E-state index contributed by atoms with van der Waals surface area (Å²) in [5.41, 5.74) is 0. The van der Waals surface area contributed by atoms with Crippen LogP contribution in [0.15, 0.2) is 0 Å². The highest BCUT2D eigenvalue weighted by Gasteiger charge is 2.28. The Morgan fingerprint density at radius 2 is 2.11 bits per heavy atom. The van der Waals surface area contributed by atoms with Gasteiger partial charge in [0.1, 0.15) is 0 Å². The van der Waals surface area contributed by atoms with Gasteiger partial charge < -0.3 is 4.90 Å². The molecule has 0 aromatic rings. The van der Waals surface area contributed by atoms with Crippen LogP contribution in [-0.4, -0.2) is 34.4 Å². The molecule has 0 bridgehead atoms. The van der Waals surface area contributed by atoms with Gasteiger partial charge in [-0.1, -0.05) is 26.7 Å². The first kappa shape index (κ1) is 15.9. The van der Waals surface area contributed by atoms with Crippen molar-refractivity contribution in [3.8, 4) is 0 Å². The van der Waals surface area contributed by atoms with E-state index in [1.54, 1.807) is 0 Å². The minimum atomic E-state index is 0.129. The molecule has 0 saturated carbocycles. The largest absolute Gasteiger partial charge is 0.339 e. The van der Waals surface area contributed by atoms with E-state index in [4.69, 9.17) is 0 Å². The minimum Gasteiger partial charge on any atom is -0.339 e. The van der Waals surface area contributed by atoms with Crippen LogP contribution < -0.4 is 0 Å². The molecule has 0 aromatic heterocycles. The molecule has 1 fully saturated rings. The molecule has 106 valence electrons. The van der Waals surface area contributed by atoms with Gasteiger partial charge in [0.25, 0.3) is 0 Å². The van der Waals surface area contributed by atoms with E-state index in [0.29, 0.717) is 17.9 Å². The molecule has 2 nitrogen and oxygen atoms in total. The van der Waals surface area contributed by atoms with Crippen LogP contribution in [0.25, 0.3) is 0 Å². The van der Waals surface area contributed by atoms with Gasteiger partial charge in [0.2, 0.25) is 5.91 Å². The molecular weight excluding hydrogens is 242 g/mol. The highest BCUT2D eigenvalue weighted by molar-refractivity contribution is 8.00. The van der Waals surface area contributed by atoms with Crippen molar-refractivity contribution in [2.24, 2.45) is 5.92 Å². The second kappa shape index (κ2) is 8.08. The van der Waals surface area contributed by atoms with Crippen LogP contribution in [0, 0.1) is 5.92 Å². The summed E-state index contributed by atoms with van der Waals surface area (Å²) < 4.78 is 0. The molecule has 1 saturated heterocycles. The van der Waals surface area contributed by atoms with Crippen LogP contribution in [0.2, 0.25) is 0 Å². The molecule has 3 heteroatoms. The normalized spacial score (nSPS) is 26.8. The molecule has 1 rings (SSSR count). The fourth-order valence-corrected chi connectivity index (χ4v) is 3.63. The quantitative estimate of drug-likeness (QED) is 0.706. The number of unbranched alkanes of at least 4 members (excludes halogenated alkanes) is 1. The van der Waals surface area contributed by atoms with Crippen LogP contribution in [0.4, 0.5) is 0 Å². The Hall–Kier alpha value is -0.180. The zero-order chi connectivity index (χ0) is 13.5. The third-order valence-electron chi connectivity index (χ3n) is 3.86. The van der Waals surface area contributed by atoms with Crippen molar-refractivity contribution in [1.82, 2.24) is 4.90 Å². The number of amides is 1. The zero-order valence-electron chi connectivity index (χ0n) is 12.4. The molecular formula is C15H29NOS. The van der Waals surface area contributed by atoms with Crippen LogP contribution in [0.5, 0.6) is 0 Å². The van der Waals surface area contributed by atoms with E-state index in [1.807, 2.05) is 11.8 Å². The van der Waals surface area contributed by atoms with Crippen molar-refractivity contribution >= 4 is 17.7 Å². The Bertz CT molecular complexity index is 257. The standard InChI is InChI=1S/C15H29NOS/c1-5-6-10-18-14(4)15(17)16-11-12(2)8-7-9-13(16)3/h12-14H,5-11H2,1-4H3. The van der Waals surface area contributed by atoms with E-state index >= 15 is 0 Å². The molecule has 18 heavy (non-hydrogen) atoms. The molecule has 1 aliphatic heterocycles. The van der Waals surface area contributed by atoms with Gasteiger partial charge in [-0.3, -0.25) is 4.79 Å². The Balaban J connectivity index is 2.51. The van der Waals surface area contributed by atoms with E-state index in [0.717, 1.165) is 12.3 Å². The second-order valence-corrected chi connectivity index (χ2v) is 7.19. The maximum atomic E-state index is 12.5. The maximum Gasteiger partial charge on any atom is 0.235 e. The predicted molar refractivity (Wildman–Crippen MR) is 81.0 cm³/mol. The molecule has 1 amide bonds. The van der Waals surface area contributed by atoms with Gasteiger partial charge in [-0.15, -0.1) is 11.8 Å². The topological polar surface area (TPSA) is 20.3 Å². The van der Waals surface area contributed by atoms with E-state index in [-0.39, 0.29) is 5.25 Å². The Kier molecular flexibility index (Phi) is 7.13. The van der Waals surface area contributed by atoms with Gasteiger partial charge in [0, 0.05) is 12.6 Å². The average molecular weight is 271 g/mol. The van der Waals surface area contributed by atoms with Crippen molar-refractivity contribution in [1.29, 1.82) is 0 Å². The van der Waals surface area contributed by atoms with Gasteiger partial charge in [0.15, 0.2) is 0 Å². The van der Waals surface area contributed by atoms with Crippen LogP contribution in [0.1, 0.15) is 59.8 Å². The summed E-state index contributed by atoms with van der Waals surface area (Å²) in [5, 5.41) is 0.129. The summed E-state index contributed by atoms with van der Waals surface area (Å²) in [6.45, 7) is 9.71. The van der Waals surface area contributed by atoms with Crippen molar-refractivity contribution in [2.75, 3.05) is 12.3 Å². The van der Waals surface area contributed by atoms with E-state index < -0.39 is 0 Å². The Morgan fingerprint density at radius 1 is 1.39 bits per heavy atom. The van der Waals surface area contributed by atoms with Crippen molar-refractivity contribution in [3.63, 3.8) is 0 Å². The van der Waals surface area contributed by atoms with Gasteiger partial charge in [-0.25, -0.2) is 0 Å². The van der Waals surface area contributed by atoms with Gasteiger partial charge in [-0.05, 0) is 44.8 Å². The van der Waals surface area contributed by atoms with Crippen molar-refractivity contribution in [3.05, 3.63) is 0 Å². The van der Waals surface area contributed by atoms with E-state index in [2.05, 4.69) is 32.6 Å². The molecule has 3 atom stereocenters. The molecule has 3 unspecified atom stereocenters. The Labute approximate surface area is 117 Å². The predicted octanol–water partition coefficient (Wildman–Crippen LogP) is 3.95. The highest BCUT2D eigenvalue weighted by atomic mass is 32.2.